The maximum absolute atomic E-state index is 9.25. The maximum atomic E-state index is 9.25. The Morgan fingerprint density at radius 2 is 2.15 bits per heavy atom. The van der Waals surface area contributed by atoms with Crippen molar-refractivity contribution in [3.8, 4) is 0 Å². The molecule has 1 saturated carbocycles. The number of nitrogens with one attached hydrogen (secondary N) is 1. The fourth-order valence-electron chi connectivity index (χ4n) is 3.31. The van der Waals surface area contributed by atoms with E-state index in [1.54, 1.807) is 10.8 Å². The molecule has 3 aromatic heterocycles. The Hall–Kier alpha value is -1.95. The Labute approximate surface area is 115 Å². The lowest BCUT2D eigenvalue weighted by Gasteiger charge is -2.26. The summed E-state index contributed by atoms with van der Waals surface area (Å²) >= 11 is 0. The van der Waals surface area contributed by atoms with E-state index in [0.29, 0.717) is 18.4 Å². The molecular weight excluding hydrogens is 254 g/mol. The van der Waals surface area contributed by atoms with Crippen molar-refractivity contribution in [2.75, 3.05) is 6.61 Å². The number of H-pyrrole nitrogens is 1. The SMILES string of the molecule is OCC1CCC(c2nnn3cnc4[nH]ccc4c23)CC1. The molecule has 0 bridgehead atoms. The van der Waals surface area contributed by atoms with Gasteiger partial charge < -0.3 is 10.1 Å². The summed E-state index contributed by atoms with van der Waals surface area (Å²) in [4.78, 5) is 7.46. The summed E-state index contributed by atoms with van der Waals surface area (Å²) in [6.45, 7) is 0.306. The smallest absolute Gasteiger partial charge is 0.141 e. The number of aromatic amines is 1. The van der Waals surface area contributed by atoms with E-state index in [2.05, 4.69) is 20.3 Å². The fourth-order valence-corrected chi connectivity index (χ4v) is 3.31. The van der Waals surface area contributed by atoms with Crippen LogP contribution in [0.25, 0.3) is 16.6 Å². The minimum Gasteiger partial charge on any atom is -0.396 e. The molecule has 0 aromatic carbocycles. The molecule has 0 atom stereocenters. The van der Waals surface area contributed by atoms with Crippen LogP contribution < -0.4 is 0 Å². The zero-order valence-corrected chi connectivity index (χ0v) is 11.2. The van der Waals surface area contributed by atoms with E-state index in [-0.39, 0.29) is 0 Å². The van der Waals surface area contributed by atoms with Gasteiger partial charge in [0, 0.05) is 24.1 Å². The molecule has 3 heterocycles. The molecule has 3 aromatic rings. The zero-order chi connectivity index (χ0) is 13.5. The lowest BCUT2D eigenvalue weighted by molar-refractivity contribution is 0.182. The number of rotatable bonds is 2. The summed E-state index contributed by atoms with van der Waals surface area (Å²) < 4.78 is 1.77. The molecule has 1 fully saturated rings. The van der Waals surface area contributed by atoms with Gasteiger partial charge in [0.1, 0.15) is 17.5 Å². The quantitative estimate of drug-likeness (QED) is 0.745. The molecule has 0 radical (unpaired) electrons. The van der Waals surface area contributed by atoms with Crippen molar-refractivity contribution in [1.29, 1.82) is 0 Å². The molecule has 0 spiro atoms. The van der Waals surface area contributed by atoms with Gasteiger partial charge in [-0.05, 0) is 37.7 Å². The van der Waals surface area contributed by atoms with Gasteiger partial charge in [0.25, 0.3) is 0 Å². The Kier molecular flexibility index (Phi) is 2.70. The van der Waals surface area contributed by atoms with Crippen LogP contribution in [0.15, 0.2) is 18.6 Å². The summed E-state index contributed by atoms with van der Waals surface area (Å²) in [7, 11) is 0. The molecule has 0 unspecified atom stereocenters. The van der Waals surface area contributed by atoms with Gasteiger partial charge in [-0.1, -0.05) is 5.21 Å². The topological polar surface area (TPSA) is 79.1 Å². The zero-order valence-electron chi connectivity index (χ0n) is 11.2. The Morgan fingerprint density at radius 1 is 1.30 bits per heavy atom. The molecular formula is C14H17N5O. The van der Waals surface area contributed by atoms with Gasteiger partial charge >= 0.3 is 0 Å². The molecule has 1 aliphatic rings. The lowest BCUT2D eigenvalue weighted by atomic mass is 9.80. The number of hydrogen-bond acceptors (Lipinski definition) is 4. The molecule has 0 amide bonds. The first-order chi connectivity index (χ1) is 9.86. The lowest BCUT2D eigenvalue weighted by Crippen LogP contribution is -2.16. The summed E-state index contributed by atoms with van der Waals surface area (Å²) in [5.41, 5.74) is 3.03. The minimum absolute atomic E-state index is 0.306. The first kappa shape index (κ1) is 11.8. The van der Waals surface area contributed by atoms with Crippen molar-refractivity contribution >= 4 is 16.6 Å². The van der Waals surface area contributed by atoms with E-state index in [1.807, 2.05) is 12.3 Å². The van der Waals surface area contributed by atoms with E-state index in [0.717, 1.165) is 47.9 Å². The average Bonchev–Trinajstić information content (AvgIpc) is 3.13. The number of nitrogens with zero attached hydrogens (tertiary/aromatic N) is 4. The van der Waals surface area contributed by atoms with Gasteiger partial charge in [-0.15, -0.1) is 5.10 Å². The number of aromatic nitrogens is 5. The normalized spacial score (nSPS) is 23.6. The van der Waals surface area contributed by atoms with Crippen LogP contribution in [0.5, 0.6) is 0 Å². The molecule has 4 rings (SSSR count). The predicted octanol–water partition coefficient (Wildman–Crippen LogP) is 1.87. The van der Waals surface area contributed by atoms with Gasteiger partial charge in [-0.25, -0.2) is 9.50 Å². The molecule has 6 heteroatoms. The molecule has 104 valence electrons. The van der Waals surface area contributed by atoms with Crippen molar-refractivity contribution < 1.29 is 5.11 Å². The molecule has 0 saturated heterocycles. The van der Waals surface area contributed by atoms with Crippen LogP contribution in [0.1, 0.15) is 37.3 Å². The van der Waals surface area contributed by atoms with E-state index in [1.165, 1.54) is 0 Å². The second-order valence-electron chi connectivity index (χ2n) is 5.65. The van der Waals surface area contributed by atoms with Crippen molar-refractivity contribution in [2.45, 2.75) is 31.6 Å². The number of aliphatic hydroxyl groups is 1. The van der Waals surface area contributed by atoms with Crippen molar-refractivity contribution in [1.82, 2.24) is 24.8 Å². The van der Waals surface area contributed by atoms with Gasteiger partial charge in [0.05, 0.1) is 5.69 Å². The Bertz CT molecular complexity index is 738. The van der Waals surface area contributed by atoms with Gasteiger partial charge in [0.2, 0.25) is 0 Å². The monoisotopic (exact) mass is 271 g/mol. The molecule has 6 nitrogen and oxygen atoms in total. The third kappa shape index (κ3) is 1.71. The highest BCUT2D eigenvalue weighted by Gasteiger charge is 2.26. The summed E-state index contributed by atoms with van der Waals surface area (Å²) in [6.07, 6.45) is 7.91. The summed E-state index contributed by atoms with van der Waals surface area (Å²) in [5, 5.41) is 18.9. The highest BCUT2D eigenvalue weighted by Crippen LogP contribution is 2.37. The van der Waals surface area contributed by atoms with Crippen LogP contribution in [-0.4, -0.2) is 36.5 Å². The van der Waals surface area contributed by atoms with Crippen LogP contribution in [-0.2, 0) is 0 Å². The second-order valence-corrected chi connectivity index (χ2v) is 5.65. The maximum Gasteiger partial charge on any atom is 0.141 e. The largest absolute Gasteiger partial charge is 0.396 e. The fraction of sp³-hybridized carbons (Fsp3) is 0.500. The van der Waals surface area contributed by atoms with E-state index in [9.17, 15) is 5.11 Å². The number of hydrogen-bond donors (Lipinski definition) is 2. The molecule has 1 aliphatic carbocycles. The molecule has 0 aliphatic heterocycles. The van der Waals surface area contributed by atoms with E-state index < -0.39 is 0 Å². The van der Waals surface area contributed by atoms with Gasteiger partial charge in [0.15, 0.2) is 0 Å². The van der Waals surface area contributed by atoms with Crippen LogP contribution >= 0.6 is 0 Å². The molecule has 2 N–H and O–H groups in total. The van der Waals surface area contributed by atoms with Crippen molar-refractivity contribution in [2.24, 2.45) is 5.92 Å². The van der Waals surface area contributed by atoms with Crippen LogP contribution in [0.3, 0.4) is 0 Å². The highest BCUT2D eigenvalue weighted by atomic mass is 16.3. The van der Waals surface area contributed by atoms with Crippen LogP contribution in [0.4, 0.5) is 0 Å². The Balaban J connectivity index is 1.78. The third-order valence-corrected chi connectivity index (χ3v) is 4.49. The third-order valence-electron chi connectivity index (χ3n) is 4.49. The summed E-state index contributed by atoms with van der Waals surface area (Å²) in [6, 6.07) is 2.03. The Morgan fingerprint density at radius 3 is 2.95 bits per heavy atom. The number of fused-ring (bicyclic) bond motifs is 3. The highest BCUT2D eigenvalue weighted by molar-refractivity contribution is 5.92. The first-order valence-corrected chi connectivity index (χ1v) is 7.14. The van der Waals surface area contributed by atoms with Gasteiger partial charge in [-0.2, -0.15) is 0 Å². The summed E-state index contributed by atoms with van der Waals surface area (Å²) in [5.74, 6) is 0.901. The predicted molar refractivity (Wildman–Crippen MR) is 74.4 cm³/mol. The van der Waals surface area contributed by atoms with Crippen molar-refractivity contribution in [3.05, 3.63) is 24.3 Å². The molecule has 20 heavy (non-hydrogen) atoms. The van der Waals surface area contributed by atoms with Crippen LogP contribution in [0, 0.1) is 5.92 Å². The van der Waals surface area contributed by atoms with Crippen LogP contribution in [0.2, 0.25) is 0 Å². The second kappa shape index (κ2) is 4.56. The van der Waals surface area contributed by atoms with E-state index >= 15 is 0 Å². The first-order valence-electron chi connectivity index (χ1n) is 7.14. The van der Waals surface area contributed by atoms with E-state index in [4.69, 9.17) is 0 Å². The standard InChI is InChI=1S/C14H17N5O/c20-7-9-1-3-10(4-2-9)12-13-11-5-6-15-14(11)16-8-19(13)18-17-12/h5-6,8-10,15,20H,1-4,7H2. The van der Waals surface area contributed by atoms with Crippen molar-refractivity contribution in [3.63, 3.8) is 0 Å². The van der Waals surface area contributed by atoms with Gasteiger partial charge in [-0.3, -0.25) is 0 Å². The number of aliphatic hydroxyl groups excluding tert-OH is 1. The average molecular weight is 271 g/mol. The minimum atomic E-state index is 0.306.